The van der Waals surface area contributed by atoms with Crippen LogP contribution >= 0.6 is 0 Å². The SMILES string of the molecule is O=C1CN(Cc2cccc(-c3cccnc3)c2)C2CCCCC2N1. The van der Waals surface area contributed by atoms with Crippen molar-refractivity contribution in [3.05, 3.63) is 54.4 Å². The van der Waals surface area contributed by atoms with Crippen LogP contribution in [0.15, 0.2) is 48.8 Å². The molecule has 1 N–H and O–H groups in total. The molecule has 2 fully saturated rings. The van der Waals surface area contributed by atoms with Crippen LogP contribution in [-0.2, 0) is 11.3 Å². The van der Waals surface area contributed by atoms with E-state index in [4.69, 9.17) is 0 Å². The monoisotopic (exact) mass is 321 g/mol. The molecule has 0 radical (unpaired) electrons. The lowest BCUT2D eigenvalue weighted by Crippen LogP contribution is -2.61. The van der Waals surface area contributed by atoms with Crippen molar-refractivity contribution in [2.24, 2.45) is 0 Å². The van der Waals surface area contributed by atoms with Crippen LogP contribution in [0, 0.1) is 0 Å². The molecule has 2 atom stereocenters. The standard InChI is InChI=1S/C20H23N3O/c24-20-14-23(19-9-2-1-8-18(19)22-20)13-15-5-3-6-16(11-15)17-7-4-10-21-12-17/h3-7,10-12,18-19H,1-2,8-9,13-14H2,(H,22,24). The Morgan fingerprint density at radius 1 is 1.12 bits per heavy atom. The Hall–Kier alpha value is -2.20. The first-order valence-corrected chi connectivity index (χ1v) is 8.82. The number of hydrogen-bond acceptors (Lipinski definition) is 3. The molecule has 1 amide bonds. The Bertz CT molecular complexity index is 716. The van der Waals surface area contributed by atoms with Crippen LogP contribution in [0.3, 0.4) is 0 Å². The van der Waals surface area contributed by atoms with Gasteiger partial charge in [-0.1, -0.05) is 37.1 Å². The number of hydrogen-bond donors (Lipinski definition) is 1. The molecular weight excluding hydrogens is 298 g/mol. The zero-order valence-electron chi connectivity index (χ0n) is 13.8. The highest BCUT2D eigenvalue weighted by molar-refractivity contribution is 5.79. The van der Waals surface area contributed by atoms with E-state index in [1.807, 2.05) is 12.3 Å². The minimum absolute atomic E-state index is 0.168. The van der Waals surface area contributed by atoms with Crippen molar-refractivity contribution in [3.8, 4) is 11.1 Å². The number of fused-ring (bicyclic) bond motifs is 1. The van der Waals surface area contributed by atoms with Gasteiger partial charge >= 0.3 is 0 Å². The quantitative estimate of drug-likeness (QED) is 0.945. The number of amides is 1. The average molecular weight is 321 g/mol. The lowest BCUT2D eigenvalue weighted by Gasteiger charge is -2.44. The van der Waals surface area contributed by atoms with E-state index in [9.17, 15) is 4.79 Å². The van der Waals surface area contributed by atoms with E-state index < -0.39 is 0 Å². The summed E-state index contributed by atoms with van der Waals surface area (Å²) in [6, 6.07) is 13.5. The van der Waals surface area contributed by atoms with Crippen LogP contribution in [-0.4, -0.2) is 34.4 Å². The fourth-order valence-corrected chi connectivity index (χ4v) is 4.06. The summed E-state index contributed by atoms with van der Waals surface area (Å²) >= 11 is 0. The highest BCUT2D eigenvalue weighted by atomic mass is 16.2. The van der Waals surface area contributed by atoms with E-state index in [1.165, 1.54) is 30.4 Å². The molecule has 2 unspecified atom stereocenters. The van der Waals surface area contributed by atoms with E-state index in [0.29, 0.717) is 18.6 Å². The molecule has 0 spiro atoms. The lowest BCUT2D eigenvalue weighted by atomic mass is 9.87. The first-order chi connectivity index (χ1) is 11.8. The van der Waals surface area contributed by atoms with Crippen LogP contribution in [0.25, 0.3) is 11.1 Å². The number of carbonyl (C=O) groups excluding carboxylic acids is 1. The highest BCUT2D eigenvalue weighted by Crippen LogP contribution is 2.28. The second kappa shape index (κ2) is 6.73. The van der Waals surface area contributed by atoms with Gasteiger partial charge in [0.2, 0.25) is 5.91 Å². The molecule has 4 rings (SSSR count). The third-order valence-corrected chi connectivity index (χ3v) is 5.20. The van der Waals surface area contributed by atoms with Gasteiger partial charge in [0, 0.05) is 31.0 Å². The second-order valence-corrected chi connectivity index (χ2v) is 6.87. The van der Waals surface area contributed by atoms with Crippen molar-refractivity contribution in [1.82, 2.24) is 15.2 Å². The summed E-state index contributed by atoms with van der Waals surface area (Å²) in [6.45, 7) is 1.35. The van der Waals surface area contributed by atoms with E-state index in [-0.39, 0.29) is 5.91 Å². The molecule has 2 aromatic rings. The molecule has 2 heterocycles. The topological polar surface area (TPSA) is 45.2 Å². The molecule has 1 saturated heterocycles. The fourth-order valence-electron chi connectivity index (χ4n) is 4.06. The first kappa shape index (κ1) is 15.3. The molecule has 1 aliphatic heterocycles. The molecule has 4 heteroatoms. The van der Waals surface area contributed by atoms with E-state index in [2.05, 4.69) is 45.5 Å². The van der Waals surface area contributed by atoms with Crippen molar-refractivity contribution in [2.45, 2.75) is 44.3 Å². The molecule has 24 heavy (non-hydrogen) atoms. The molecule has 2 aliphatic rings. The molecule has 1 aliphatic carbocycles. The zero-order chi connectivity index (χ0) is 16.4. The van der Waals surface area contributed by atoms with Gasteiger partial charge in [-0.3, -0.25) is 14.7 Å². The number of benzene rings is 1. The van der Waals surface area contributed by atoms with Gasteiger partial charge in [-0.25, -0.2) is 0 Å². The van der Waals surface area contributed by atoms with Gasteiger partial charge in [-0.05, 0) is 41.7 Å². The van der Waals surface area contributed by atoms with Crippen molar-refractivity contribution in [2.75, 3.05) is 6.54 Å². The van der Waals surface area contributed by atoms with Crippen LogP contribution in [0.5, 0.6) is 0 Å². The Balaban J connectivity index is 1.55. The van der Waals surface area contributed by atoms with Crippen LogP contribution in [0.4, 0.5) is 0 Å². The van der Waals surface area contributed by atoms with Crippen molar-refractivity contribution in [1.29, 1.82) is 0 Å². The van der Waals surface area contributed by atoms with Gasteiger partial charge in [-0.15, -0.1) is 0 Å². The summed E-state index contributed by atoms with van der Waals surface area (Å²) in [5, 5.41) is 3.18. The molecule has 124 valence electrons. The van der Waals surface area contributed by atoms with Crippen LogP contribution < -0.4 is 5.32 Å². The van der Waals surface area contributed by atoms with Crippen LogP contribution in [0.1, 0.15) is 31.2 Å². The van der Waals surface area contributed by atoms with Gasteiger partial charge in [0.15, 0.2) is 0 Å². The second-order valence-electron chi connectivity index (χ2n) is 6.87. The predicted octanol–water partition coefficient (Wildman–Crippen LogP) is 2.99. The van der Waals surface area contributed by atoms with Crippen molar-refractivity contribution < 1.29 is 4.79 Å². The van der Waals surface area contributed by atoms with Crippen LogP contribution in [0.2, 0.25) is 0 Å². The minimum atomic E-state index is 0.168. The maximum Gasteiger partial charge on any atom is 0.234 e. The minimum Gasteiger partial charge on any atom is -0.351 e. The summed E-state index contributed by atoms with van der Waals surface area (Å²) in [5.41, 5.74) is 3.57. The molecule has 0 bridgehead atoms. The smallest absolute Gasteiger partial charge is 0.234 e. The summed E-state index contributed by atoms with van der Waals surface area (Å²) in [5.74, 6) is 0.168. The average Bonchev–Trinajstić information content (AvgIpc) is 2.62. The Labute approximate surface area is 142 Å². The largest absolute Gasteiger partial charge is 0.351 e. The Morgan fingerprint density at radius 3 is 2.88 bits per heavy atom. The van der Waals surface area contributed by atoms with Crippen molar-refractivity contribution in [3.63, 3.8) is 0 Å². The fraction of sp³-hybridized carbons (Fsp3) is 0.400. The van der Waals surface area contributed by atoms with Crippen molar-refractivity contribution >= 4 is 5.91 Å². The molecule has 4 nitrogen and oxygen atoms in total. The van der Waals surface area contributed by atoms with Gasteiger partial charge in [-0.2, -0.15) is 0 Å². The molecule has 1 aromatic heterocycles. The number of nitrogens with one attached hydrogen (secondary N) is 1. The van der Waals surface area contributed by atoms with E-state index in [0.717, 1.165) is 18.5 Å². The maximum atomic E-state index is 12.0. The maximum absolute atomic E-state index is 12.0. The summed E-state index contributed by atoms with van der Waals surface area (Å²) in [4.78, 5) is 18.6. The van der Waals surface area contributed by atoms with E-state index in [1.54, 1.807) is 6.20 Å². The van der Waals surface area contributed by atoms with Gasteiger partial charge < -0.3 is 5.32 Å². The summed E-state index contributed by atoms with van der Waals surface area (Å²) in [6.07, 6.45) is 8.48. The summed E-state index contributed by atoms with van der Waals surface area (Å²) in [7, 11) is 0. The Morgan fingerprint density at radius 2 is 2.00 bits per heavy atom. The number of pyridine rings is 1. The third kappa shape index (κ3) is 3.20. The number of carbonyl (C=O) groups is 1. The molecule has 1 aromatic carbocycles. The molecule has 1 saturated carbocycles. The first-order valence-electron chi connectivity index (χ1n) is 8.82. The predicted molar refractivity (Wildman–Crippen MR) is 94.3 cm³/mol. The highest BCUT2D eigenvalue weighted by Gasteiger charge is 2.36. The normalized spacial score (nSPS) is 24.2. The zero-order valence-corrected chi connectivity index (χ0v) is 13.8. The molecular formula is C20H23N3O. The van der Waals surface area contributed by atoms with Gasteiger partial charge in [0.1, 0.15) is 0 Å². The lowest BCUT2D eigenvalue weighted by molar-refractivity contribution is -0.128. The number of piperazine rings is 1. The summed E-state index contributed by atoms with van der Waals surface area (Å²) < 4.78 is 0. The van der Waals surface area contributed by atoms with Gasteiger partial charge in [0.05, 0.1) is 6.54 Å². The van der Waals surface area contributed by atoms with Gasteiger partial charge in [0.25, 0.3) is 0 Å². The van der Waals surface area contributed by atoms with E-state index >= 15 is 0 Å². The Kier molecular flexibility index (Phi) is 4.30. The number of rotatable bonds is 3. The number of aromatic nitrogens is 1. The number of nitrogens with zero attached hydrogens (tertiary/aromatic N) is 2. The third-order valence-electron chi connectivity index (χ3n) is 5.20.